The van der Waals surface area contributed by atoms with Gasteiger partial charge in [0.1, 0.15) is 21.9 Å². The second-order valence-corrected chi connectivity index (χ2v) is 9.31. The molecule has 1 atom stereocenters. The van der Waals surface area contributed by atoms with Crippen LogP contribution in [-0.4, -0.2) is 24.6 Å². The summed E-state index contributed by atoms with van der Waals surface area (Å²) in [7, 11) is 1.72. The maximum absolute atomic E-state index is 12.9. The van der Waals surface area contributed by atoms with Gasteiger partial charge in [0.15, 0.2) is 0 Å². The third kappa shape index (κ3) is 3.82. The molecule has 0 aliphatic rings. The van der Waals surface area contributed by atoms with Crippen LogP contribution in [0.5, 0.6) is 0 Å². The Morgan fingerprint density at radius 3 is 2.41 bits per heavy atom. The van der Waals surface area contributed by atoms with Gasteiger partial charge in [-0.1, -0.05) is 46.9 Å². The predicted molar refractivity (Wildman–Crippen MR) is 113 cm³/mol. The van der Waals surface area contributed by atoms with Crippen molar-refractivity contribution in [1.82, 2.24) is 9.55 Å². The van der Waals surface area contributed by atoms with Gasteiger partial charge in [-0.25, -0.2) is 4.98 Å². The monoisotopic (exact) mass is 381 g/mol. The van der Waals surface area contributed by atoms with Crippen LogP contribution in [0, 0.1) is 0 Å². The van der Waals surface area contributed by atoms with E-state index in [9.17, 15) is 9.35 Å². The molecule has 27 heavy (non-hydrogen) atoms. The summed E-state index contributed by atoms with van der Waals surface area (Å²) in [6.07, 6.45) is 0. The van der Waals surface area contributed by atoms with E-state index in [1.54, 1.807) is 24.6 Å². The first kappa shape index (κ1) is 19.3. The van der Waals surface area contributed by atoms with E-state index in [0.717, 1.165) is 11.1 Å². The Balaban J connectivity index is 2.26. The van der Waals surface area contributed by atoms with Crippen LogP contribution in [0.1, 0.15) is 33.3 Å². The summed E-state index contributed by atoms with van der Waals surface area (Å²) >= 11 is -1.39. The molecular weight excluding hydrogens is 358 g/mol. The predicted octanol–water partition coefficient (Wildman–Crippen LogP) is 3.87. The van der Waals surface area contributed by atoms with Gasteiger partial charge in [-0.3, -0.25) is 9.36 Å². The minimum Gasteiger partial charge on any atom is -0.591 e. The van der Waals surface area contributed by atoms with Crippen LogP contribution in [-0.2, 0) is 18.4 Å². The summed E-state index contributed by atoms with van der Waals surface area (Å²) < 4.78 is 17.9. The minimum absolute atomic E-state index is 0.120. The molecule has 0 bridgehead atoms. The van der Waals surface area contributed by atoms with Crippen molar-refractivity contribution >= 4 is 28.0 Å². The molecule has 0 saturated heterocycles. The summed E-state index contributed by atoms with van der Waals surface area (Å²) in [6.45, 7) is 7.44. The molecule has 1 heterocycles. The highest BCUT2D eigenvalue weighted by Crippen LogP contribution is 2.23. The smallest absolute Gasteiger partial charge is 0.261 e. The maximum Gasteiger partial charge on any atom is 0.261 e. The molecule has 0 radical (unpaired) electrons. The average molecular weight is 382 g/mol. The minimum atomic E-state index is -1.39. The lowest BCUT2D eigenvalue weighted by Gasteiger charge is -2.19. The molecule has 3 aromatic rings. The summed E-state index contributed by atoms with van der Waals surface area (Å²) in [5, 5.41) is 0.519. The van der Waals surface area contributed by atoms with Crippen LogP contribution < -0.4 is 5.56 Å². The maximum atomic E-state index is 12.9. The highest BCUT2D eigenvalue weighted by Gasteiger charge is 2.27. The second-order valence-electron chi connectivity index (χ2n) is 7.41. The van der Waals surface area contributed by atoms with Crippen molar-refractivity contribution in [2.24, 2.45) is 11.4 Å². The number of nitrogens with zero attached hydrogens (tertiary/aromatic N) is 3. The SMILES string of the molecule is CC(=N[S+]([O-])C(C)(C)C)c1cccc2c(=O)n(C)c(-c3ccccc3)nc12. The Bertz CT molecular complexity index is 1070. The fourth-order valence-electron chi connectivity index (χ4n) is 2.74. The van der Waals surface area contributed by atoms with Gasteiger partial charge in [0.25, 0.3) is 5.56 Å². The molecule has 5 nitrogen and oxygen atoms in total. The zero-order chi connectivity index (χ0) is 19.8. The molecule has 6 heteroatoms. The highest BCUT2D eigenvalue weighted by molar-refractivity contribution is 7.91. The van der Waals surface area contributed by atoms with Gasteiger partial charge in [-0.2, -0.15) is 0 Å². The van der Waals surface area contributed by atoms with Crippen LogP contribution >= 0.6 is 0 Å². The Hall–Kier alpha value is -2.44. The zero-order valence-corrected chi connectivity index (χ0v) is 17.0. The molecule has 0 amide bonds. The normalized spacial score (nSPS) is 13.8. The van der Waals surface area contributed by atoms with Crippen molar-refractivity contribution in [3.05, 3.63) is 64.4 Å². The highest BCUT2D eigenvalue weighted by atomic mass is 32.2. The summed E-state index contributed by atoms with van der Waals surface area (Å²) in [5.41, 5.74) is 2.65. The van der Waals surface area contributed by atoms with Gasteiger partial charge in [-0.15, -0.1) is 0 Å². The largest absolute Gasteiger partial charge is 0.591 e. The lowest BCUT2D eigenvalue weighted by molar-refractivity contribution is 0.561. The van der Waals surface area contributed by atoms with Crippen molar-refractivity contribution in [3.8, 4) is 11.4 Å². The first-order valence-electron chi connectivity index (χ1n) is 8.73. The average Bonchev–Trinajstić information content (AvgIpc) is 2.64. The molecule has 1 unspecified atom stereocenters. The van der Waals surface area contributed by atoms with E-state index in [4.69, 9.17) is 4.98 Å². The number of fused-ring (bicyclic) bond motifs is 1. The Kier molecular flexibility index (Phi) is 5.22. The Labute approximate surface area is 162 Å². The topological polar surface area (TPSA) is 70.3 Å². The van der Waals surface area contributed by atoms with Crippen molar-refractivity contribution in [2.45, 2.75) is 32.4 Å². The molecule has 0 N–H and O–H groups in total. The summed E-state index contributed by atoms with van der Waals surface area (Å²) in [5.74, 6) is 0.588. The lowest BCUT2D eigenvalue weighted by Crippen LogP contribution is -2.27. The third-order valence-electron chi connectivity index (χ3n) is 4.27. The van der Waals surface area contributed by atoms with Gasteiger partial charge >= 0.3 is 0 Å². The molecule has 2 aromatic carbocycles. The quantitative estimate of drug-likeness (QED) is 0.511. The van der Waals surface area contributed by atoms with Crippen LogP contribution in [0.15, 0.2) is 57.7 Å². The standard InChI is InChI=1S/C21H23N3O2S/c1-14(23-27(26)21(2,3)4)16-12-9-13-17-18(16)22-19(24(5)20(17)25)15-10-7-6-8-11-15/h6-13H,1-5H3. The fraction of sp³-hybridized carbons (Fsp3) is 0.286. The lowest BCUT2D eigenvalue weighted by atomic mass is 10.1. The van der Waals surface area contributed by atoms with Crippen LogP contribution in [0.2, 0.25) is 0 Å². The number of benzene rings is 2. The third-order valence-corrected chi connectivity index (χ3v) is 5.76. The first-order chi connectivity index (χ1) is 12.7. The van der Waals surface area contributed by atoms with E-state index in [2.05, 4.69) is 4.40 Å². The molecule has 0 aliphatic heterocycles. The molecular formula is C21H23N3O2S. The molecule has 0 spiro atoms. The molecule has 0 aliphatic carbocycles. The van der Waals surface area contributed by atoms with Crippen molar-refractivity contribution < 1.29 is 4.55 Å². The van der Waals surface area contributed by atoms with E-state index in [1.165, 1.54) is 0 Å². The van der Waals surface area contributed by atoms with Crippen LogP contribution in [0.3, 0.4) is 0 Å². The van der Waals surface area contributed by atoms with Gasteiger partial charge < -0.3 is 4.55 Å². The number of hydrogen-bond donors (Lipinski definition) is 0. The number of hydrogen-bond acceptors (Lipinski definition) is 4. The molecule has 0 fully saturated rings. The van der Waals surface area contributed by atoms with Gasteiger partial charge in [0, 0.05) is 18.2 Å². The summed E-state index contributed by atoms with van der Waals surface area (Å²) in [6, 6.07) is 15.0. The molecule has 140 valence electrons. The van der Waals surface area contributed by atoms with Gasteiger partial charge in [-0.05, 0) is 33.8 Å². The van der Waals surface area contributed by atoms with Crippen molar-refractivity contribution in [3.63, 3.8) is 0 Å². The van der Waals surface area contributed by atoms with Crippen LogP contribution in [0.25, 0.3) is 22.3 Å². The van der Waals surface area contributed by atoms with Crippen molar-refractivity contribution in [2.75, 3.05) is 0 Å². The van der Waals surface area contributed by atoms with E-state index >= 15 is 0 Å². The molecule has 0 saturated carbocycles. The first-order valence-corrected chi connectivity index (χ1v) is 9.83. The zero-order valence-electron chi connectivity index (χ0n) is 16.2. The fourth-order valence-corrected chi connectivity index (χ4v) is 3.36. The number of aromatic nitrogens is 2. The van der Waals surface area contributed by atoms with E-state index in [1.807, 2.05) is 63.2 Å². The van der Waals surface area contributed by atoms with E-state index in [-0.39, 0.29) is 5.56 Å². The molecule has 3 rings (SSSR count). The number of rotatable bonds is 3. The summed E-state index contributed by atoms with van der Waals surface area (Å²) in [4.78, 5) is 17.7. The second kappa shape index (κ2) is 7.29. The van der Waals surface area contributed by atoms with E-state index in [0.29, 0.717) is 22.4 Å². The molecule has 1 aromatic heterocycles. The van der Waals surface area contributed by atoms with Crippen LogP contribution in [0.4, 0.5) is 0 Å². The van der Waals surface area contributed by atoms with Gasteiger partial charge in [0.05, 0.1) is 16.6 Å². The Morgan fingerprint density at radius 1 is 1.11 bits per heavy atom. The van der Waals surface area contributed by atoms with Crippen molar-refractivity contribution in [1.29, 1.82) is 0 Å². The Morgan fingerprint density at radius 2 is 1.78 bits per heavy atom. The van der Waals surface area contributed by atoms with Gasteiger partial charge in [0.2, 0.25) is 0 Å². The number of para-hydroxylation sites is 1. The van der Waals surface area contributed by atoms with E-state index < -0.39 is 16.1 Å².